The largest absolute Gasteiger partial charge is 0.493 e. The second-order valence-corrected chi connectivity index (χ2v) is 9.21. The smallest absolute Gasteiger partial charge is 0.308 e. The summed E-state index contributed by atoms with van der Waals surface area (Å²) in [5.41, 5.74) is 4.95. The number of carbonyl (C=O) groups is 2. The van der Waals surface area contributed by atoms with E-state index in [0.717, 1.165) is 17.3 Å². The third-order valence-electron chi connectivity index (χ3n) is 5.57. The fourth-order valence-electron chi connectivity index (χ4n) is 3.80. The maximum atomic E-state index is 13.4. The van der Waals surface area contributed by atoms with Crippen molar-refractivity contribution in [2.45, 2.75) is 19.0 Å². The van der Waals surface area contributed by atoms with E-state index in [1.54, 1.807) is 30.3 Å². The van der Waals surface area contributed by atoms with E-state index in [0.29, 0.717) is 27.3 Å². The highest BCUT2D eigenvalue weighted by Gasteiger charge is 2.17. The molecule has 0 fully saturated rings. The topological polar surface area (TPSA) is 121 Å². The van der Waals surface area contributed by atoms with E-state index in [1.807, 2.05) is 37.3 Å². The van der Waals surface area contributed by atoms with Crippen LogP contribution in [0.25, 0.3) is 16.6 Å². The average molecular weight is 547 g/mol. The monoisotopic (exact) mass is 546 g/mol. The molecule has 200 valence electrons. The number of aryl methyl sites for hydroxylation is 1. The van der Waals surface area contributed by atoms with E-state index in [9.17, 15) is 14.4 Å². The molecule has 0 atom stereocenters. The Hall–Kier alpha value is -4.64. The fraction of sp³-hybridized carbons (Fsp3) is 0.179. The number of amides is 1. The number of benzene rings is 3. The molecule has 39 heavy (non-hydrogen) atoms. The average Bonchev–Trinajstić information content (AvgIpc) is 2.93. The van der Waals surface area contributed by atoms with Crippen LogP contribution in [0, 0.1) is 6.92 Å². The molecule has 0 saturated heterocycles. The van der Waals surface area contributed by atoms with Gasteiger partial charge in [-0.15, -0.1) is 0 Å². The number of hydrazone groups is 1. The van der Waals surface area contributed by atoms with Crippen molar-refractivity contribution >= 4 is 40.8 Å². The second-order valence-electron chi connectivity index (χ2n) is 8.27. The van der Waals surface area contributed by atoms with Gasteiger partial charge in [-0.1, -0.05) is 42.1 Å². The van der Waals surface area contributed by atoms with Crippen LogP contribution in [-0.2, 0) is 9.59 Å². The fourth-order valence-corrected chi connectivity index (χ4v) is 4.59. The first-order valence-electron chi connectivity index (χ1n) is 11.8. The van der Waals surface area contributed by atoms with Gasteiger partial charge in [0.05, 0.1) is 42.8 Å². The molecule has 3 aromatic carbocycles. The van der Waals surface area contributed by atoms with Gasteiger partial charge in [-0.05, 0) is 42.8 Å². The molecule has 0 aliphatic rings. The van der Waals surface area contributed by atoms with E-state index in [4.69, 9.17) is 14.2 Å². The van der Waals surface area contributed by atoms with Gasteiger partial charge in [0.25, 0.3) is 11.5 Å². The van der Waals surface area contributed by atoms with Gasteiger partial charge in [0.2, 0.25) is 5.75 Å². The van der Waals surface area contributed by atoms with Crippen LogP contribution in [0.3, 0.4) is 0 Å². The Bertz CT molecular complexity index is 1610. The van der Waals surface area contributed by atoms with Crippen LogP contribution in [0.5, 0.6) is 17.2 Å². The van der Waals surface area contributed by atoms with Crippen molar-refractivity contribution in [3.05, 3.63) is 82.1 Å². The van der Waals surface area contributed by atoms with Crippen molar-refractivity contribution in [3.8, 4) is 22.9 Å². The molecule has 1 N–H and O–H groups in total. The summed E-state index contributed by atoms with van der Waals surface area (Å²) < 4.78 is 17.3. The van der Waals surface area contributed by atoms with Gasteiger partial charge >= 0.3 is 5.97 Å². The molecule has 11 heteroatoms. The normalized spacial score (nSPS) is 11.0. The van der Waals surface area contributed by atoms with Crippen molar-refractivity contribution < 1.29 is 23.8 Å². The molecule has 0 spiro atoms. The van der Waals surface area contributed by atoms with Crippen LogP contribution in [0.1, 0.15) is 18.1 Å². The van der Waals surface area contributed by atoms with Gasteiger partial charge in [0, 0.05) is 12.5 Å². The zero-order chi connectivity index (χ0) is 27.9. The zero-order valence-corrected chi connectivity index (χ0v) is 22.6. The Labute approximate surface area is 228 Å². The molecule has 0 radical (unpaired) electrons. The zero-order valence-electron chi connectivity index (χ0n) is 21.8. The standard InChI is InChI=1S/C28H26N4O6S/c1-17-9-5-8-12-22(17)32-27(35)20-10-6-7-11-21(20)30-28(32)39-16-25(34)31-29-15-19-13-23(36-3)26(38-18(2)33)24(14-19)37-4/h5-15H,16H2,1-4H3,(H,31,34)/b29-15+. The number of para-hydroxylation sites is 2. The van der Waals surface area contributed by atoms with Crippen LogP contribution >= 0.6 is 11.8 Å². The van der Waals surface area contributed by atoms with E-state index in [1.165, 1.54) is 31.9 Å². The number of ether oxygens (including phenoxy) is 3. The third-order valence-corrected chi connectivity index (χ3v) is 6.50. The summed E-state index contributed by atoms with van der Waals surface area (Å²) in [6.07, 6.45) is 1.41. The Morgan fingerprint density at radius 3 is 2.38 bits per heavy atom. The first-order chi connectivity index (χ1) is 18.8. The summed E-state index contributed by atoms with van der Waals surface area (Å²) in [5, 5.41) is 4.89. The molecule has 4 rings (SSSR count). The lowest BCUT2D eigenvalue weighted by molar-refractivity contribution is -0.132. The summed E-state index contributed by atoms with van der Waals surface area (Å²) in [5.74, 6) is -0.273. The summed E-state index contributed by atoms with van der Waals surface area (Å²) in [4.78, 5) is 42.1. The minimum Gasteiger partial charge on any atom is -0.493 e. The summed E-state index contributed by atoms with van der Waals surface area (Å²) >= 11 is 1.13. The van der Waals surface area contributed by atoms with E-state index in [-0.39, 0.29) is 28.6 Å². The molecule has 10 nitrogen and oxygen atoms in total. The molecular formula is C28H26N4O6S. The molecular weight excluding hydrogens is 520 g/mol. The van der Waals surface area contributed by atoms with Crippen molar-refractivity contribution in [3.63, 3.8) is 0 Å². The summed E-state index contributed by atoms with van der Waals surface area (Å²) in [6.45, 7) is 3.19. The van der Waals surface area contributed by atoms with Gasteiger partial charge in [-0.2, -0.15) is 5.10 Å². The van der Waals surface area contributed by atoms with E-state index in [2.05, 4.69) is 15.5 Å². The lowest BCUT2D eigenvalue weighted by atomic mass is 10.2. The predicted molar refractivity (Wildman–Crippen MR) is 149 cm³/mol. The minimum absolute atomic E-state index is 0.0357. The predicted octanol–water partition coefficient (Wildman–Crippen LogP) is 3.88. The van der Waals surface area contributed by atoms with Crippen molar-refractivity contribution in [2.75, 3.05) is 20.0 Å². The molecule has 0 bridgehead atoms. The van der Waals surface area contributed by atoms with Gasteiger partial charge in [-0.25, -0.2) is 10.4 Å². The van der Waals surface area contributed by atoms with Gasteiger partial charge in [0.15, 0.2) is 16.7 Å². The highest BCUT2D eigenvalue weighted by atomic mass is 32.2. The Balaban J connectivity index is 1.53. The highest BCUT2D eigenvalue weighted by molar-refractivity contribution is 7.99. The Kier molecular flexibility index (Phi) is 8.62. The maximum absolute atomic E-state index is 13.4. The molecule has 0 saturated carbocycles. The molecule has 0 aliphatic carbocycles. The first-order valence-corrected chi connectivity index (χ1v) is 12.8. The number of nitrogens with zero attached hydrogens (tertiary/aromatic N) is 3. The number of fused-ring (bicyclic) bond motifs is 1. The van der Waals surface area contributed by atoms with Crippen molar-refractivity contribution in [1.82, 2.24) is 15.0 Å². The second kappa shape index (κ2) is 12.3. The number of carbonyl (C=O) groups excluding carboxylic acids is 2. The van der Waals surface area contributed by atoms with Crippen LogP contribution in [0.2, 0.25) is 0 Å². The van der Waals surface area contributed by atoms with Crippen LogP contribution in [-0.4, -0.2) is 47.6 Å². The number of esters is 1. The molecule has 0 aliphatic heterocycles. The number of aromatic nitrogens is 2. The molecule has 4 aromatic rings. The minimum atomic E-state index is -0.522. The van der Waals surface area contributed by atoms with Gasteiger partial charge in [0.1, 0.15) is 0 Å². The quantitative estimate of drug-likeness (QED) is 0.0839. The maximum Gasteiger partial charge on any atom is 0.308 e. The molecule has 0 unspecified atom stereocenters. The number of nitrogens with one attached hydrogen (secondary N) is 1. The molecule has 1 aromatic heterocycles. The number of thioether (sulfide) groups is 1. The highest BCUT2D eigenvalue weighted by Crippen LogP contribution is 2.38. The third kappa shape index (κ3) is 6.27. The van der Waals surface area contributed by atoms with Gasteiger partial charge in [-0.3, -0.25) is 19.0 Å². The first kappa shape index (κ1) is 27.4. The van der Waals surface area contributed by atoms with E-state index < -0.39 is 11.9 Å². The van der Waals surface area contributed by atoms with E-state index >= 15 is 0 Å². The van der Waals surface area contributed by atoms with Crippen molar-refractivity contribution in [1.29, 1.82) is 0 Å². The SMILES string of the molecule is COc1cc(/C=N/NC(=O)CSc2nc3ccccc3c(=O)n2-c2ccccc2C)cc(OC)c1OC(C)=O. The van der Waals surface area contributed by atoms with Crippen LogP contribution in [0.15, 0.2) is 75.7 Å². The number of methoxy groups -OCH3 is 2. The Morgan fingerprint density at radius 1 is 1.05 bits per heavy atom. The number of hydrogen-bond acceptors (Lipinski definition) is 9. The molecule has 1 amide bonds. The number of hydrogen-bond donors (Lipinski definition) is 1. The van der Waals surface area contributed by atoms with Crippen LogP contribution < -0.4 is 25.2 Å². The lowest BCUT2D eigenvalue weighted by Gasteiger charge is -2.14. The van der Waals surface area contributed by atoms with Gasteiger partial charge < -0.3 is 14.2 Å². The van der Waals surface area contributed by atoms with Crippen molar-refractivity contribution in [2.24, 2.45) is 5.10 Å². The Morgan fingerprint density at radius 2 is 1.72 bits per heavy atom. The lowest BCUT2D eigenvalue weighted by Crippen LogP contribution is -2.24. The number of rotatable bonds is 9. The van der Waals surface area contributed by atoms with Crippen LogP contribution in [0.4, 0.5) is 0 Å². The summed E-state index contributed by atoms with van der Waals surface area (Å²) in [6, 6.07) is 17.8. The molecule has 1 heterocycles. The summed E-state index contributed by atoms with van der Waals surface area (Å²) in [7, 11) is 2.86.